The van der Waals surface area contributed by atoms with Crippen molar-refractivity contribution in [1.29, 1.82) is 0 Å². The monoisotopic (exact) mass is 787 g/mol. The molecule has 0 bridgehead atoms. The zero-order valence-electron chi connectivity index (χ0n) is 37.2. The van der Waals surface area contributed by atoms with Crippen molar-refractivity contribution in [3.8, 4) is 0 Å². The number of rotatable bonds is 43. The van der Waals surface area contributed by atoms with Gasteiger partial charge in [-0.25, -0.2) is 0 Å². The predicted molar refractivity (Wildman–Crippen MR) is 238 cm³/mol. The van der Waals surface area contributed by atoms with E-state index in [9.17, 15) is 14.4 Å². The summed E-state index contributed by atoms with van der Waals surface area (Å²) in [6.45, 7) is 6.55. The fourth-order valence-electron chi connectivity index (χ4n) is 6.73. The Kier molecular flexibility index (Phi) is 43.4. The van der Waals surface area contributed by atoms with Gasteiger partial charge in [0.25, 0.3) is 0 Å². The Hall–Kier alpha value is -2.37. The van der Waals surface area contributed by atoms with Gasteiger partial charge in [0.1, 0.15) is 13.2 Å². The Morgan fingerprint density at radius 2 is 0.661 bits per heavy atom. The first-order chi connectivity index (χ1) is 27.5. The van der Waals surface area contributed by atoms with Crippen molar-refractivity contribution >= 4 is 17.9 Å². The first kappa shape index (κ1) is 53.6. The Bertz CT molecular complexity index is 953. The van der Waals surface area contributed by atoms with Gasteiger partial charge in [-0.05, 0) is 64.2 Å². The summed E-state index contributed by atoms with van der Waals surface area (Å²) in [5, 5.41) is 0. The normalized spacial score (nSPS) is 12.3. The zero-order valence-corrected chi connectivity index (χ0v) is 37.2. The number of hydrogen-bond donors (Lipinski definition) is 0. The first-order valence-electron chi connectivity index (χ1n) is 24.0. The molecule has 0 saturated heterocycles. The second-order valence-corrected chi connectivity index (χ2v) is 16.0. The zero-order chi connectivity index (χ0) is 40.8. The van der Waals surface area contributed by atoms with Crippen molar-refractivity contribution < 1.29 is 28.6 Å². The quantitative estimate of drug-likeness (QED) is 0.0201. The Morgan fingerprint density at radius 3 is 1.11 bits per heavy atom. The summed E-state index contributed by atoms with van der Waals surface area (Å²) in [5.41, 5.74) is 0. The van der Waals surface area contributed by atoms with E-state index in [1.54, 1.807) is 0 Å². The fraction of sp³-hybridized carbons (Fsp3) is 0.820. The van der Waals surface area contributed by atoms with Crippen LogP contribution in [0, 0.1) is 0 Å². The van der Waals surface area contributed by atoms with Gasteiger partial charge in [-0.3, -0.25) is 14.4 Å². The molecule has 0 aliphatic carbocycles. The maximum atomic E-state index is 12.7. The number of esters is 3. The van der Waals surface area contributed by atoms with Crippen molar-refractivity contribution in [3.63, 3.8) is 0 Å². The van der Waals surface area contributed by atoms with Crippen molar-refractivity contribution in [2.45, 2.75) is 252 Å². The minimum absolute atomic E-state index is 0.0921. The second-order valence-electron chi connectivity index (χ2n) is 16.0. The molecule has 0 aliphatic heterocycles. The molecule has 1 atom stereocenters. The lowest BCUT2D eigenvalue weighted by Gasteiger charge is -2.18. The fourth-order valence-corrected chi connectivity index (χ4v) is 6.73. The number of carbonyl (C=O) groups is 3. The number of hydrogen-bond acceptors (Lipinski definition) is 6. The molecule has 0 spiro atoms. The lowest BCUT2D eigenvalue weighted by molar-refractivity contribution is -0.167. The summed E-state index contributed by atoms with van der Waals surface area (Å²) >= 11 is 0. The molecule has 0 aliphatic rings. The minimum atomic E-state index is -0.788. The van der Waals surface area contributed by atoms with Crippen LogP contribution in [-0.4, -0.2) is 37.2 Å². The van der Waals surface area contributed by atoms with E-state index in [4.69, 9.17) is 14.2 Å². The Morgan fingerprint density at radius 1 is 0.357 bits per heavy atom. The van der Waals surface area contributed by atoms with E-state index < -0.39 is 6.10 Å². The molecule has 1 unspecified atom stereocenters. The molecule has 0 aromatic heterocycles. The summed E-state index contributed by atoms with van der Waals surface area (Å²) in [6, 6.07) is 0. The molecule has 6 nitrogen and oxygen atoms in total. The predicted octanol–water partition coefficient (Wildman–Crippen LogP) is 15.4. The smallest absolute Gasteiger partial charge is 0.306 e. The van der Waals surface area contributed by atoms with Gasteiger partial charge in [-0.15, -0.1) is 0 Å². The van der Waals surface area contributed by atoms with Crippen LogP contribution in [0.3, 0.4) is 0 Å². The average Bonchev–Trinajstić information content (AvgIpc) is 3.19. The average molecular weight is 787 g/mol. The molecule has 0 saturated carbocycles. The molecular weight excluding hydrogens is 697 g/mol. The van der Waals surface area contributed by atoms with E-state index in [1.165, 1.54) is 135 Å². The highest BCUT2D eigenvalue weighted by Gasteiger charge is 2.19. The van der Waals surface area contributed by atoms with Gasteiger partial charge in [0.15, 0.2) is 6.10 Å². The molecule has 0 amide bonds. The van der Waals surface area contributed by atoms with Crippen molar-refractivity contribution in [2.24, 2.45) is 0 Å². The van der Waals surface area contributed by atoms with E-state index in [0.29, 0.717) is 25.7 Å². The Balaban J connectivity index is 4.39. The number of carbonyl (C=O) groups excluding carboxylic acids is 3. The molecule has 0 radical (unpaired) electrons. The molecule has 0 N–H and O–H groups in total. The maximum absolute atomic E-state index is 12.7. The standard InChI is InChI=1S/C50H90O6/c1-4-7-10-13-16-19-21-23-24-25-27-28-31-34-37-40-43-49(52)55-46-47(45-54-48(51)42-39-36-33-30-18-15-12-9-6-3)56-50(53)44-41-38-35-32-29-26-22-20-17-14-11-8-5-2/h24-25,27-28,30,33,47H,4-23,26,29,31-32,34-46H2,1-3H3/b25-24-,28-27-,33-30-. The van der Waals surface area contributed by atoms with Crippen LogP contribution in [0.4, 0.5) is 0 Å². The van der Waals surface area contributed by atoms with Crippen LogP contribution in [0.5, 0.6) is 0 Å². The van der Waals surface area contributed by atoms with Crippen LogP contribution in [0.2, 0.25) is 0 Å². The van der Waals surface area contributed by atoms with E-state index >= 15 is 0 Å². The van der Waals surface area contributed by atoms with Crippen LogP contribution in [-0.2, 0) is 28.6 Å². The highest BCUT2D eigenvalue weighted by atomic mass is 16.6. The lowest BCUT2D eigenvalue weighted by atomic mass is 10.0. The van der Waals surface area contributed by atoms with Gasteiger partial charge in [-0.2, -0.15) is 0 Å². The summed E-state index contributed by atoms with van der Waals surface area (Å²) in [7, 11) is 0. The molecule has 6 heteroatoms. The molecular formula is C50H90O6. The summed E-state index contributed by atoms with van der Waals surface area (Å²) < 4.78 is 16.7. The lowest BCUT2D eigenvalue weighted by Crippen LogP contribution is -2.30. The molecule has 0 aromatic carbocycles. The van der Waals surface area contributed by atoms with E-state index in [-0.39, 0.29) is 31.1 Å². The van der Waals surface area contributed by atoms with Crippen LogP contribution < -0.4 is 0 Å². The van der Waals surface area contributed by atoms with E-state index in [1.807, 2.05) is 0 Å². The molecule has 56 heavy (non-hydrogen) atoms. The minimum Gasteiger partial charge on any atom is -0.462 e. The topological polar surface area (TPSA) is 78.9 Å². The van der Waals surface area contributed by atoms with Crippen molar-refractivity contribution in [3.05, 3.63) is 36.5 Å². The number of unbranched alkanes of at least 4 members (excludes halogenated alkanes) is 27. The molecule has 0 rings (SSSR count). The van der Waals surface area contributed by atoms with Gasteiger partial charge >= 0.3 is 17.9 Å². The van der Waals surface area contributed by atoms with Crippen LogP contribution >= 0.6 is 0 Å². The first-order valence-corrected chi connectivity index (χ1v) is 24.0. The third-order valence-corrected chi connectivity index (χ3v) is 10.4. The number of ether oxygens (including phenoxy) is 3. The largest absolute Gasteiger partial charge is 0.462 e. The van der Waals surface area contributed by atoms with Gasteiger partial charge < -0.3 is 14.2 Å². The van der Waals surface area contributed by atoms with Crippen LogP contribution in [0.1, 0.15) is 245 Å². The van der Waals surface area contributed by atoms with E-state index in [2.05, 4.69) is 57.2 Å². The third-order valence-electron chi connectivity index (χ3n) is 10.4. The highest BCUT2D eigenvalue weighted by molar-refractivity contribution is 5.71. The van der Waals surface area contributed by atoms with Crippen LogP contribution in [0.15, 0.2) is 36.5 Å². The maximum Gasteiger partial charge on any atom is 0.306 e. The molecule has 0 aromatic rings. The number of allylic oxidation sites excluding steroid dienone is 6. The second kappa shape index (κ2) is 45.3. The van der Waals surface area contributed by atoms with Gasteiger partial charge in [0.05, 0.1) is 0 Å². The molecule has 326 valence electrons. The van der Waals surface area contributed by atoms with Gasteiger partial charge in [-0.1, -0.05) is 198 Å². The summed E-state index contributed by atoms with van der Waals surface area (Å²) in [4.78, 5) is 37.7. The molecule has 0 fully saturated rings. The SMILES string of the molecule is CCCCCC/C=C\CCCC(=O)OCC(COC(=O)CCCCC/C=C\C=C/CCCCCCCCC)OC(=O)CCCCCCCCCCCCCCC. The molecule has 0 heterocycles. The summed E-state index contributed by atoms with van der Waals surface area (Å²) in [6.07, 6.45) is 51.4. The van der Waals surface area contributed by atoms with E-state index in [0.717, 1.165) is 64.2 Å². The third kappa shape index (κ3) is 42.8. The van der Waals surface area contributed by atoms with Crippen molar-refractivity contribution in [2.75, 3.05) is 13.2 Å². The summed E-state index contributed by atoms with van der Waals surface area (Å²) in [5.74, 6) is -0.947. The van der Waals surface area contributed by atoms with Crippen molar-refractivity contribution in [1.82, 2.24) is 0 Å². The Labute approximate surface area is 346 Å². The van der Waals surface area contributed by atoms with Crippen LogP contribution in [0.25, 0.3) is 0 Å². The highest BCUT2D eigenvalue weighted by Crippen LogP contribution is 2.14. The van der Waals surface area contributed by atoms with Gasteiger partial charge in [0.2, 0.25) is 0 Å². The van der Waals surface area contributed by atoms with Gasteiger partial charge in [0, 0.05) is 19.3 Å².